The molecule has 0 unspecified atom stereocenters. The van der Waals surface area contributed by atoms with Crippen molar-refractivity contribution in [1.29, 1.82) is 0 Å². The van der Waals surface area contributed by atoms with Crippen LogP contribution < -0.4 is 4.72 Å². The van der Waals surface area contributed by atoms with Gasteiger partial charge >= 0.3 is 6.01 Å². The fraction of sp³-hybridized carbons (Fsp3) is 0.500. The SMILES string of the molecule is Cc1noc(NS(=O)(=O)CBr)n1. The molecule has 0 fully saturated rings. The summed E-state index contributed by atoms with van der Waals surface area (Å²) >= 11 is 2.79. The quantitative estimate of drug-likeness (QED) is 0.794. The van der Waals surface area contributed by atoms with Crippen molar-refractivity contribution >= 4 is 32.0 Å². The Morgan fingerprint density at radius 1 is 1.67 bits per heavy atom. The van der Waals surface area contributed by atoms with E-state index in [2.05, 4.69) is 35.3 Å². The predicted octanol–water partition coefficient (Wildman–Crippen LogP) is 0.472. The molecule has 0 saturated heterocycles. The molecule has 6 nitrogen and oxygen atoms in total. The van der Waals surface area contributed by atoms with Gasteiger partial charge in [0.1, 0.15) is 4.66 Å². The van der Waals surface area contributed by atoms with E-state index < -0.39 is 10.0 Å². The molecular formula is C4H6BrN3O3S. The fourth-order valence-corrected chi connectivity index (χ4v) is 1.25. The lowest BCUT2D eigenvalue weighted by atomic mass is 10.8. The third-order valence-corrected chi connectivity index (χ3v) is 3.50. The van der Waals surface area contributed by atoms with Crippen molar-refractivity contribution in [3.63, 3.8) is 0 Å². The van der Waals surface area contributed by atoms with Crippen LogP contribution in [0.3, 0.4) is 0 Å². The van der Waals surface area contributed by atoms with Crippen molar-refractivity contribution in [2.75, 3.05) is 9.38 Å². The number of anilines is 1. The first-order valence-electron chi connectivity index (χ1n) is 2.90. The minimum Gasteiger partial charge on any atom is -0.314 e. The summed E-state index contributed by atoms with van der Waals surface area (Å²) in [6.45, 7) is 1.59. The van der Waals surface area contributed by atoms with Gasteiger partial charge < -0.3 is 4.52 Å². The van der Waals surface area contributed by atoms with E-state index in [1.54, 1.807) is 6.92 Å². The molecule has 0 amide bonds. The second-order valence-electron chi connectivity index (χ2n) is 1.97. The van der Waals surface area contributed by atoms with E-state index in [1.165, 1.54) is 0 Å². The average molecular weight is 256 g/mol. The van der Waals surface area contributed by atoms with Crippen molar-refractivity contribution in [2.45, 2.75) is 6.92 Å². The zero-order valence-corrected chi connectivity index (χ0v) is 8.51. The van der Waals surface area contributed by atoms with Crippen LogP contribution in [0.4, 0.5) is 6.01 Å². The molecule has 0 aliphatic heterocycles. The monoisotopic (exact) mass is 255 g/mol. The number of nitrogens with one attached hydrogen (secondary N) is 1. The van der Waals surface area contributed by atoms with Crippen molar-refractivity contribution < 1.29 is 12.9 Å². The van der Waals surface area contributed by atoms with Gasteiger partial charge in [-0.2, -0.15) is 4.98 Å². The first kappa shape index (κ1) is 9.46. The van der Waals surface area contributed by atoms with Crippen LogP contribution in [0.1, 0.15) is 5.82 Å². The predicted molar refractivity (Wildman–Crippen MR) is 45.4 cm³/mol. The van der Waals surface area contributed by atoms with E-state index in [-0.39, 0.29) is 10.7 Å². The Morgan fingerprint density at radius 3 is 2.75 bits per heavy atom. The molecule has 0 aromatic carbocycles. The molecule has 0 radical (unpaired) electrons. The molecule has 8 heteroatoms. The summed E-state index contributed by atoms with van der Waals surface area (Å²) in [5, 5.41) is 3.41. The summed E-state index contributed by atoms with van der Waals surface area (Å²) in [6.07, 6.45) is 0. The minimum absolute atomic E-state index is 0.119. The van der Waals surface area contributed by atoms with E-state index in [9.17, 15) is 8.42 Å². The van der Waals surface area contributed by atoms with E-state index in [0.717, 1.165) is 0 Å². The maximum Gasteiger partial charge on any atom is 0.335 e. The van der Waals surface area contributed by atoms with Gasteiger partial charge in [-0.3, -0.25) is 0 Å². The first-order chi connectivity index (χ1) is 5.53. The van der Waals surface area contributed by atoms with Crippen LogP contribution >= 0.6 is 15.9 Å². The highest BCUT2D eigenvalue weighted by atomic mass is 79.9. The van der Waals surface area contributed by atoms with Gasteiger partial charge in [-0.15, -0.1) is 0 Å². The number of nitrogens with zero attached hydrogens (tertiary/aromatic N) is 2. The molecule has 1 aromatic rings. The first-order valence-corrected chi connectivity index (χ1v) is 5.67. The highest BCUT2D eigenvalue weighted by Crippen LogP contribution is 2.06. The van der Waals surface area contributed by atoms with Crippen molar-refractivity contribution in [2.24, 2.45) is 0 Å². The van der Waals surface area contributed by atoms with Crippen LogP contribution in [0.15, 0.2) is 4.52 Å². The molecule has 0 aliphatic carbocycles. The molecule has 1 heterocycles. The number of hydrogen-bond acceptors (Lipinski definition) is 5. The Bertz CT molecular complexity index is 359. The maximum atomic E-state index is 10.9. The standard InChI is InChI=1S/C4H6BrN3O3S/c1-3-6-4(11-7-3)8-12(9,10)2-5/h2H2,1H3,(H,6,7,8). The van der Waals surface area contributed by atoms with Gasteiger partial charge in [0.2, 0.25) is 10.0 Å². The van der Waals surface area contributed by atoms with Gasteiger partial charge in [-0.05, 0) is 6.92 Å². The summed E-state index contributed by atoms with van der Waals surface area (Å²) in [4.78, 5) is 3.65. The zero-order valence-electron chi connectivity index (χ0n) is 6.11. The second kappa shape index (κ2) is 3.40. The highest BCUT2D eigenvalue weighted by molar-refractivity contribution is 9.10. The summed E-state index contributed by atoms with van der Waals surface area (Å²) in [6, 6.07) is -0.119. The number of rotatable bonds is 3. The number of aryl methyl sites for hydroxylation is 1. The number of hydrogen-bond donors (Lipinski definition) is 1. The van der Waals surface area contributed by atoms with Crippen molar-refractivity contribution in [3.05, 3.63) is 5.82 Å². The van der Waals surface area contributed by atoms with Crippen molar-refractivity contribution in [1.82, 2.24) is 10.1 Å². The fourth-order valence-electron chi connectivity index (χ4n) is 0.499. The van der Waals surface area contributed by atoms with E-state index >= 15 is 0 Å². The smallest absolute Gasteiger partial charge is 0.314 e. The van der Waals surface area contributed by atoms with Crippen LogP contribution in [-0.2, 0) is 10.0 Å². The molecule has 0 spiro atoms. The number of halogens is 1. The summed E-state index contributed by atoms with van der Waals surface area (Å²) < 4.78 is 28.2. The summed E-state index contributed by atoms with van der Waals surface area (Å²) in [5.41, 5.74) is 0. The van der Waals surface area contributed by atoms with Gasteiger partial charge in [0, 0.05) is 0 Å². The van der Waals surface area contributed by atoms with Gasteiger partial charge in [-0.1, -0.05) is 21.1 Å². The van der Waals surface area contributed by atoms with Crippen molar-refractivity contribution in [3.8, 4) is 0 Å². The topological polar surface area (TPSA) is 85.1 Å². The normalized spacial score (nSPS) is 11.5. The molecule has 0 bridgehead atoms. The molecule has 0 atom stereocenters. The Balaban J connectivity index is 2.77. The number of aromatic nitrogens is 2. The minimum atomic E-state index is -3.39. The van der Waals surface area contributed by atoms with Gasteiger partial charge in [0.05, 0.1) is 0 Å². The molecule has 0 aliphatic rings. The van der Waals surface area contributed by atoms with Crippen LogP contribution in [0, 0.1) is 6.92 Å². The largest absolute Gasteiger partial charge is 0.335 e. The average Bonchev–Trinajstić information content (AvgIpc) is 2.35. The second-order valence-corrected chi connectivity index (χ2v) is 5.00. The van der Waals surface area contributed by atoms with Crippen LogP contribution in [-0.4, -0.2) is 23.2 Å². The molecule has 68 valence electrons. The molecule has 0 saturated carbocycles. The Kier molecular flexibility index (Phi) is 2.68. The molecule has 12 heavy (non-hydrogen) atoms. The number of sulfonamides is 1. The van der Waals surface area contributed by atoms with Gasteiger partial charge in [0.25, 0.3) is 0 Å². The highest BCUT2D eigenvalue weighted by Gasteiger charge is 2.11. The van der Waals surface area contributed by atoms with Gasteiger partial charge in [-0.25, -0.2) is 13.1 Å². The van der Waals surface area contributed by atoms with Crippen LogP contribution in [0.2, 0.25) is 0 Å². The Hall–Kier alpha value is -0.630. The lowest BCUT2D eigenvalue weighted by Gasteiger charge is -1.96. The Morgan fingerprint density at radius 2 is 2.33 bits per heavy atom. The molecule has 1 N–H and O–H groups in total. The maximum absolute atomic E-state index is 10.9. The number of alkyl halides is 1. The summed E-state index contributed by atoms with van der Waals surface area (Å²) in [5.74, 6) is 0.377. The van der Waals surface area contributed by atoms with E-state index in [0.29, 0.717) is 5.82 Å². The molecule has 1 rings (SSSR count). The summed E-state index contributed by atoms with van der Waals surface area (Å²) in [7, 11) is -3.39. The third kappa shape index (κ3) is 2.45. The lowest BCUT2D eigenvalue weighted by Crippen LogP contribution is -2.13. The molecular weight excluding hydrogens is 250 g/mol. The van der Waals surface area contributed by atoms with E-state index in [4.69, 9.17) is 0 Å². The van der Waals surface area contributed by atoms with E-state index in [1.807, 2.05) is 0 Å². The van der Waals surface area contributed by atoms with Gasteiger partial charge in [0.15, 0.2) is 5.82 Å². The van der Waals surface area contributed by atoms with Crippen LogP contribution in [0.25, 0.3) is 0 Å². The molecule has 1 aromatic heterocycles. The lowest BCUT2D eigenvalue weighted by molar-refractivity contribution is 0.429. The zero-order chi connectivity index (χ0) is 9.19. The van der Waals surface area contributed by atoms with Crippen LogP contribution in [0.5, 0.6) is 0 Å². The third-order valence-electron chi connectivity index (χ3n) is 0.914. The Labute approximate surface area is 77.5 Å².